The van der Waals surface area contributed by atoms with E-state index >= 15 is 0 Å². The zero-order valence-corrected chi connectivity index (χ0v) is 14.2. The van der Waals surface area contributed by atoms with E-state index in [1.807, 2.05) is 6.07 Å². The number of hydrogen-bond donors (Lipinski definition) is 2. The molecule has 1 fully saturated rings. The Morgan fingerprint density at radius 1 is 1.38 bits per heavy atom. The lowest BCUT2D eigenvalue weighted by Gasteiger charge is -2.36. The molecular formula is C16H23BrN2O2. The minimum absolute atomic E-state index is 0.271. The molecule has 116 valence electrons. The molecule has 0 unspecified atom stereocenters. The molecule has 4 nitrogen and oxygen atoms in total. The van der Waals surface area contributed by atoms with Gasteiger partial charge in [0.05, 0.1) is 5.56 Å². The van der Waals surface area contributed by atoms with Gasteiger partial charge in [-0.1, -0.05) is 34.8 Å². The van der Waals surface area contributed by atoms with Crippen molar-refractivity contribution in [2.24, 2.45) is 0 Å². The highest BCUT2D eigenvalue weighted by molar-refractivity contribution is 9.10. The van der Waals surface area contributed by atoms with E-state index in [0.29, 0.717) is 5.56 Å². The first kappa shape index (κ1) is 16.5. The maximum absolute atomic E-state index is 10.9. The lowest BCUT2D eigenvalue weighted by Crippen LogP contribution is -2.49. The van der Waals surface area contributed by atoms with Crippen LogP contribution in [0.5, 0.6) is 0 Å². The molecule has 0 spiro atoms. The summed E-state index contributed by atoms with van der Waals surface area (Å²) in [5.41, 5.74) is 1.67. The Labute approximate surface area is 134 Å². The predicted molar refractivity (Wildman–Crippen MR) is 87.7 cm³/mol. The highest BCUT2D eigenvalue weighted by Gasteiger charge is 2.35. The number of halogens is 1. The lowest BCUT2D eigenvalue weighted by molar-refractivity contribution is 0.0697. The summed E-state index contributed by atoms with van der Waals surface area (Å²) in [7, 11) is 4.31. The van der Waals surface area contributed by atoms with Crippen LogP contribution in [0.2, 0.25) is 0 Å². The van der Waals surface area contributed by atoms with Gasteiger partial charge < -0.3 is 15.3 Å². The van der Waals surface area contributed by atoms with Crippen molar-refractivity contribution in [2.45, 2.75) is 37.8 Å². The molecule has 2 N–H and O–H groups in total. The van der Waals surface area contributed by atoms with Crippen molar-refractivity contribution in [1.82, 2.24) is 10.2 Å². The van der Waals surface area contributed by atoms with E-state index in [1.54, 1.807) is 12.1 Å². The quantitative estimate of drug-likeness (QED) is 0.823. The van der Waals surface area contributed by atoms with Gasteiger partial charge in [0.2, 0.25) is 0 Å². The van der Waals surface area contributed by atoms with Crippen molar-refractivity contribution in [2.75, 3.05) is 20.6 Å². The summed E-state index contributed by atoms with van der Waals surface area (Å²) < 4.78 is 0.847. The van der Waals surface area contributed by atoms with Crippen molar-refractivity contribution >= 4 is 21.9 Å². The smallest absolute Gasteiger partial charge is 0.335 e. The van der Waals surface area contributed by atoms with Gasteiger partial charge in [-0.2, -0.15) is 0 Å². The van der Waals surface area contributed by atoms with Gasteiger partial charge in [0.25, 0.3) is 0 Å². The first-order chi connectivity index (χ1) is 9.94. The van der Waals surface area contributed by atoms with Gasteiger partial charge in [-0.15, -0.1) is 0 Å². The minimum Gasteiger partial charge on any atom is -0.478 e. The fourth-order valence-electron chi connectivity index (χ4n) is 3.07. The number of likely N-dealkylation sites (N-methyl/N-ethyl adjacent to an activating group) is 1. The van der Waals surface area contributed by atoms with E-state index in [9.17, 15) is 4.79 Å². The molecular weight excluding hydrogens is 332 g/mol. The first-order valence-electron chi connectivity index (χ1n) is 7.34. The Morgan fingerprint density at radius 3 is 2.57 bits per heavy atom. The number of nitrogens with one attached hydrogen (secondary N) is 1. The standard InChI is InChI=1S/C16H23BrN2O2/c1-19(2)16(7-3-4-8-16)11-18-10-13-6-5-12(15(20)21)9-14(13)17/h5-6,9,18H,3-4,7-8,10-11H2,1-2H3,(H,20,21). The summed E-state index contributed by atoms with van der Waals surface area (Å²) in [5.74, 6) is -0.896. The molecule has 0 aromatic heterocycles. The SMILES string of the molecule is CN(C)C1(CNCc2ccc(C(=O)O)cc2Br)CCCC1. The average Bonchev–Trinajstić information content (AvgIpc) is 2.90. The summed E-state index contributed by atoms with van der Waals surface area (Å²) in [6.07, 6.45) is 5.09. The van der Waals surface area contributed by atoms with E-state index < -0.39 is 5.97 Å². The Morgan fingerprint density at radius 2 is 2.05 bits per heavy atom. The van der Waals surface area contributed by atoms with E-state index in [-0.39, 0.29) is 5.54 Å². The summed E-state index contributed by atoms with van der Waals surface area (Å²) >= 11 is 3.46. The molecule has 0 atom stereocenters. The molecule has 0 radical (unpaired) electrons. The van der Waals surface area contributed by atoms with Gasteiger partial charge in [-0.05, 0) is 44.6 Å². The van der Waals surface area contributed by atoms with E-state index in [0.717, 1.165) is 23.1 Å². The number of carboxylic acid groups (broad SMARTS) is 1. The minimum atomic E-state index is -0.896. The first-order valence-corrected chi connectivity index (χ1v) is 8.14. The summed E-state index contributed by atoms with van der Waals surface area (Å²) in [6.45, 7) is 1.71. The van der Waals surface area contributed by atoms with Crippen LogP contribution in [-0.2, 0) is 6.54 Å². The average molecular weight is 355 g/mol. The van der Waals surface area contributed by atoms with Crippen molar-refractivity contribution in [3.05, 3.63) is 33.8 Å². The van der Waals surface area contributed by atoms with Crippen LogP contribution in [0.15, 0.2) is 22.7 Å². The van der Waals surface area contributed by atoms with Crippen molar-refractivity contribution in [1.29, 1.82) is 0 Å². The van der Waals surface area contributed by atoms with Crippen LogP contribution in [0.25, 0.3) is 0 Å². The van der Waals surface area contributed by atoms with Crippen molar-refractivity contribution < 1.29 is 9.90 Å². The van der Waals surface area contributed by atoms with Gasteiger partial charge in [0.1, 0.15) is 0 Å². The molecule has 5 heteroatoms. The van der Waals surface area contributed by atoms with Crippen LogP contribution in [0.1, 0.15) is 41.6 Å². The van der Waals surface area contributed by atoms with Crippen LogP contribution < -0.4 is 5.32 Å². The van der Waals surface area contributed by atoms with Crippen LogP contribution in [0.3, 0.4) is 0 Å². The Hall–Kier alpha value is -0.910. The molecule has 21 heavy (non-hydrogen) atoms. The summed E-state index contributed by atoms with van der Waals surface area (Å²) in [4.78, 5) is 13.3. The zero-order chi connectivity index (χ0) is 15.5. The number of benzene rings is 1. The summed E-state index contributed by atoms with van der Waals surface area (Å²) in [6, 6.07) is 5.19. The molecule has 1 aliphatic carbocycles. The van der Waals surface area contributed by atoms with E-state index in [2.05, 4.69) is 40.2 Å². The highest BCUT2D eigenvalue weighted by Crippen LogP contribution is 2.33. The van der Waals surface area contributed by atoms with Crippen molar-refractivity contribution in [3.8, 4) is 0 Å². The monoisotopic (exact) mass is 354 g/mol. The number of carbonyl (C=O) groups is 1. The second-order valence-electron chi connectivity index (χ2n) is 6.04. The summed E-state index contributed by atoms with van der Waals surface area (Å²) in [5, 5.41) is 12.5. The van der Waals surface area contributed by atoms with E-state index in [4.69, 9.17) is 5.11 Å². The van der Waals surface area contributed by atoms with Gasteiger partial charge in [0, 0.05) is 23.1 Å². The number of hydrogen-bond acceptors (Lipinski definition) is 3. The maximum Gasteiger partial charge on any atom is 0.335 e. The number of nitrogens with zero attached hydrogens (tertiary/aromatic N) is 1. The fraction of sp³-hybridized carbons (Fsp3) is 0.562. The van der Waals surface area contributed by atoms with Crippen LogP contribution >= 0.6 is 15.9 Å². The molecule has 0 amide bonds. The molecule has 2 rings (SSSR count). The number of carboxylic acids is 1. The lowest BCUT2D eigenvalue weighted by atomic mass is 9.96. The molecule has 1 aromatic carbocycles. The van der Waals surface area contributed by atoms with Gasteiger partial charge in [-0.25, -0.2) is 4.79 Å². The Bertz CT molecular complexity index is 511. The molecule has 1 aromatic rings. The third kappa shape index (κ3) is 3.84. The normalized spacial score (nSPS) is 17.3. The molecule has 0 saturated heterocycles. The molecule has 0 bridgehead atoms. The van der Waals surface area contributed by atoms with E-state index in [1.165, 1.54) is 25.7 Å². The second kappa shape index (κ2) is 6.90. The van der Waals surface area contributed by atoms with Crippen LogP contribution in [0, 0.1) is 0 Å². The molecule has 1 saturated carbocycles. The Balaban J connectivity index is 1.95. The second-order valence-corrected chi connectivity index (χ2v) is 6.90. The zero-order valence-electron chi connectivity index (χ0n) is 12.7. The largest absolute Gasteiger partial charge is 0.478 e. The number of aromatic carboxylic acids is 1. The molecule has 0 heterocycles. The van der Waals surface area contributed by atoms with Gasteiger partial charge in [0.15, 0.2) is 0 Å². The van der Waals surface area contributed by atoms with Crippen LogP contribution in [0.4, 0.5) is 0 Å². The highest BCUT2D eigenvalue weighted by atomic mass is 79.9. The maximum atomic E-state index is 10.9. The van der Waals surface area contributed by atoms with Crippen LogP contribution in [-0.4, -0.2) is 42.2 Å². The van der Waals surface area contributed by atoms with Crippen molar-refractivity contribution in [3.63, 3.8) is 0 Å². The predicted octanol–water partition coefficient (Wildman–Crippen LogP) is 3.11. The topological polar surface area (TPSA) is 52.6 Å². The third-order valence-electron chi connectivity index (χ3n) is 4.55. The molecule has 0 aliphatic heterocycles. The van der Waals surface area contributed by atoms with Gasteiger partial charge in [-0.3, -0.25) is 0 Å². The molecule has 1 aliphatic rings. The number of rotatable bonds is 6. The Kier molecular flexibility index (Phi) is 5.41. The van der Waals surface area contributed by atoms with Gasteiger partial charge >= 0.3 is 5.97 Å². The third-order valence-corrected chi connectivity index (χ3v) is 5.29. The fourth-order valence-corrected chi connectivity index (χ4v) is 3.59.